The van der Waals surface area contributed by atoms with E-state index >= 15 is 0 Å². The SMILES string of the molecule is Nc1nc2cc(-c3ccn[nH]3)ccc2n2cc(CN3CC(O)C3)cc12. The third-order valence-corrected chi connectivity index (χ3v) is 4.77. The number of benzene rings is 1. The number of hydrogen-bond donors (Lipinski definition) is 3. The average molecular weight is 334 g/mol. The summed E-state index contributed by atoms with van der Waals surface area (Å²) in [6.07, 6.45) is 3.65. The van der Waals surface area contributed by atoms with Crippen LogP contribution in [0.15, 0.2) is 42.7 Å². The Bertz CT molecular complexity index is 1060. The zero-order valence-electron chi connectivity index (χ0n) is 13.6. The number of aromatic amines is 1. The quantitative estimate of drug-likeness (QED) is 0.529. The average Bonchev–Trinajstić information content (AvgIpc) is 3.23. The van der Waals surface area contributed by atoms with Crippen molar-refractivity contribution in [3.8, 4) is 11.3 Å². The predicted molar refractivity (Wildman–Crippen MR) is 96.0 cm³/mol. The summed E-state index contributed by atoms with van der Waals surface area (Å²) in [7, 11) is 0. The molecule has 7 nitrogen and oxygen atoms in total. The van der Waals surface area contributed by atoms with Crippen LogP contribution in [0.2, 0.25) is 0 Å². The maximum atomic E-state index is 9.44. The maximum Gasteiger partial charge on any atom is 0.148 e. The van der Waals surface area contributed by atoms with E-state index in [4.69, 9.17) is 5.73 Å². The Morgan fingerprint density at radius 2 is 2.08 bits per heavy atom. The number of nitrogen functional groups attached to an aromatic ring is 1. The molecule has 1 fully saturated rings. The van der Waals surface area contributed by atoms with Crippen LogP contribution in [0.5, 0.6) is 0 Å². The predicted octanol–water partition coefficient (Wildman–Crippen LogP) is 1.64. The topological polar surface area (TPSA) is 95.5 Å². The molecule has 126 valence electrons. The monoisotopic (exact) mass is 334 g/mol. The summed E-state index contributed by atoms with van der Waals surface area (Å²) >= 11 is 0. The van der Waals surface area contributed by atoms with Gasteiger partial charge in [-0.1, -0.05) is 6.07 Å². The summed E-state index contributed by atoms with van der Waals surface area (Å²) in [6, 6.07) is 10.1. The van der Waals surface area contributed by atoms with E-state index in [1.807, 2.05) is 12.1 Å². The molecule has 0 saturated carbocycles. The zero-order valence-corrected chi connectivity index (χ0v) is 13.6. The van der Waals surface area contributed by atoms with E-state index in [0.29, 0.717) is 5.82 Å². The van der Waals surface area contributed by atoms with Crippen molar-refractivity contribution in [2.45, 2.75) is 12.6 Å². The van der Waals surface area contributed by atoms with Crippen LogP contribution in [0.4, 0.5) is 5.82 Å². The van der Waals surface area contributed by atoms with E-state index in [1.54, 1.807) is 6.20 Å². The Hall–Kier alpha value is -2.90. The molecule has 1 saturated heterocycles. The lowest BCUT2D eigenvalue weighted by Crippen LogP contribution is -2.49. The van der Waals surface area contributed by atoms with Crippen LogP contribution in [0.25, 0.3) is 27.8 Å². The summed E-state index contributed by atoms with van der Waals surface area (Å²) < 4.78 is 2.10. The number of aliphatic hydroxyl groups is 1. The van der Waals surface area contributed by atoms with Crippen LogP contribution in [0, 0.1) is 0 Å². The van der Waals surface area contributed by atoms with Crippen molar-refractivity contribution in [2.75, 3.05) is 18.8 Å². The highest BCUT2D eigenvalue weighted by molar-refractivity contribution is 5.87. The molecule has 4 N–H and O–H groups in total. The number of hydrogen-bond acceptors (Lipinski definition) is 5. The highest BCUT2D eigenvalue weighted by Gasteiger charge is 2.24. The van der Waals surface area contributed by atoms with Gasteiger partial charge in [0.15, 0.2) is 0 Å². The van der Waals surface area contributed by atoms with Crippen molar-refractivity contribution in [2.24, 2.45) is 0 Å². The summed E-state index contributed by atoms with van der Waals surface area (Å²) in [6.45, 7) is 2.27. The number of nitrogens with zero attached hydrogens (tertiary/aromatic N) is 4. The van der Waals surface area contributed by atoms with Crippen LogP contribution in [-0.4, -0.2) is 48.8 Å². The zero-order chi connectivity index (χ0) is 17.0. The van der Waals surface area contributed by atoms with Gasteiger partial charge < -0.3 is 15.2 Å². The van der Waals surface area contributed by atoms with Crippen LogP contribution < -0.4 is 5.73 Å². The van der Waals surface area contributed by atoms with Crippen molar-refractivity contribution in [3.63, 3.8) is 0 Å². The van der Waals surface area contributed by atoms with Gasteiger partial charge in [-0.15, -0.1) is 0 Å². The summed E-state index contributed by atoms with van der Waals surface area (Å²) in [4.78, 5) is 6.79. The van der Waals surface area contributed by atoms with E-state index in [1.165, 1.54) is 5.56 Å². The number of β-amino-alcohol motifs (C(OH)–C–C–N with tert-alkyl or cyclic N) is 1. The fraction of sp³-hybridized carbons (Fsp3) is 0.222. The first-order valence-electron chi connectivity index (χ1n) is 8.28. The summed E-state index contributed by atoms with van der Waals surface area (Å²) in [5.41, 5.74) is 12.1. The minimum absolute atomic E-state index is 0.189. The molecular weight excluding hydrogens is 316 g/mol. The number of H-pyrrole nitrogens is 1. The van der Waals surface area contributed by atoms with E-state index in [2.05, 4.69) is 48.9 Å². The van der Waals surface area contributed by atoms with Gasteiger partial charge in [-0.25, -0.2) is 4.98 Å². The molecule has 3 aromatic heterocycles. The van der Waals surface area contributed by atoms with Crippen LogP contribution in [-0.2, 0) is 6.54 Å². The largest absolute Gasteiger partial charge is 0.390 e. The maximum absolute atomic E-state index is 9.44. The number of aliphatic hydroxyl groups excluding tert-OH is 1. The second-order valence-electron chi connectivity index (χ2n) is 6.62. The van der Waals surface area contributed by atoms with Crippen molar-refractivity contribution in [3.05, 3.63) is 48.3 Å². The van der Waals surface area contributed by atoms with Gasteiger partial charge in [-0.05, 0) is 29.8 Å². The Balaban J connectivity index is 1.60. The number of nitrogens with one attached hydrogen (secondary N) is 1. The molecule has 1 aromatic carbocycles. The third-order valence-electron chi connectivity index (χ3n) is 4.77. The van der Waals surface area contributed by atoms with Gasteiger partial charge in [0.25, 0.3) is 0 Å². The first-order chi connectivity index (χ1) is 12.2. The van der Waals surface area contributed by atoms with Crippen LogP contribution in [0.3, 0.4) is 0 Å². The molecule has 4 heterocycles. The van der Waals surface area contributed by atoms with Crippen molar-refractivity contribution in [1.82, 2.24) is 24.5 Å². The van der Waals surface area contributed by atoms with E-state index in [9.17, 15) is 5.11 Å². The van der Waals surface area contributed by atoms with Gasteiger partial charge in [0, 0.05) is 37.6 Å². The highest BCUT2D eigenvalue weighted by Crippen LogP contribution is 2.27. The molecule has 0 spiro atoms. The summed E-state index contributed by atoms with van der Waals surface area (Å²) in [5.74, 6) is 0.518. The number of anilines is 1. The normalized spacial score (nSPS) is 15.9. The molecule has 1 aliphatic heterocycles. The van der Waals surface area contributed by atoms with Crippen LogP contribution >= 0.6 is 0 Å². The molecule has 0 amide bonds. The molecular formula is C18H18N6O. The lowest BCUT2D eigenvalue weighted by molar-refractivity contribution is -0.00284. The highest BCUT2D eigenvalue weighted by atomic mass is 16.3. The van der Waals surface area contributed by atoms with Gasteiger partial charge in [0.2, 0.25) is 0 Å². The standard InChI is InChI=1S/C18H18N6O/c19-18-17-5-11(7-23-9-13(25)10-23)8-24(17)16-2-1-12(6-15(16)21-18)14-3-4-20-22-14/h1-6,8,13,25H,7,9-10H2,(H2,19,21)(H,20,22). The lowest BCUT2D eigenvalue weighted by Gasteiger charge is -2.35. The Labute approximate surface area is 143 Å². The van der Waals surface area contributed by atoms with E-state index < -0.39 is 0 Å². The molecule has 5 rings (SSSR count). The number of likely N-dealkylation sites (tertiary alicyclic amines) is 1. The Morgan fingerprint density at radius 3 is 2.84 bits per heavy atom. The lowest BCUT2D eigenvalue weighted by atomic mass is 10.1. The molecule has 0 unspecified atom stereocenters. The number of nitrogens with two attached hydrogens (primary N) is 1. The minimum atomic E-state index is -0.189. The molecule has 0 bridgehead atoms. The first kappa shape index (κ1) is 14.4. The van der Waals surface area contributed by atoms with E-state index in [-0.39, 0.29) is 6.10 Å². The van der Waals surface area contributed by atoms with Crippen molar-refractivity contribution < 1.29 is 5.11 Å². The molecule has 0 atom stereocenters. The molecule has 25 heavy (non-hydrogen) atoms. The smallest absolute Gasteiger partial charge is 0.148 e. The second kappa shape index (κ2) is 5.30. The molecule has 7 heteroatoms. The van der Waals surface area contributed by atoms with Crippen LogP contribution in [0.1, 0.15) is 5.56 Å². The molecule has 0 aliphatic carbocycles. The number of fused-ring (bicyclic) bond motifs is 3. The third kappa shape index (κ3) is 2.36. The fourth-order valence-corrected chi connectivity index (χ4v) is 3.52. The van der Waals surface area contributed by atoms with Gasteiger partial charge in [0.05, 0.1) is 28.3 Å². The minimum Gasteiger partial charge on any atom is -0.390 e. The van der Waals surface area contributed by atoms with Gasteiger partial charge in [-0.3, -0.25) is 10.00 Å². The molecule has 1 aliphatic rings. The fourth-order valence-electron chi connectivity index (χ4n) is 3.52. The Kier molecular flexibility index (Phi) is 3.06. The second-order valence-corrected chi connectivity index (χ2v) is 6.62. The van der Waals surface area contributed by atoms with Gasteiger partial charge in [0.1, 0.15) is 5.82 Å². The van der Waals surface area contributed by atoms with Crippen molar-refractivity contribution in [1.29, 1.82) is 0 Å². The Morgan fingerprint density at radius 1 is 1.20 bits per heavy atom. The summed E-state index contributed by atoms with van der Waals surface area (Å²) in [5, 5.41) is 16.4. The number of rotatable bonds is 3. The number of aromatic nitrogens is 4. The molecule has 4 aromatic rings. The van der Waals surface area contributed by atoms with Gasteiger partial charge >= 0.3 is 0 Å². The van der Waals surface area contributed by atoms with Crippen molar-refractivity contribution >= 4 is 22.4 Å². The molecule has 0 radical (unpaired) electrons. The first-order valence-corrected chi connectivity index (χ1v) is 8.28. The van der Waals surface area contributed by atoms with Gasteiger partial charge in [-0.2, -0.15) is 5.10 Å². The van der Waals surface area contributed by atoms with E-state index in [0.717, 1.165) is 47.4 Å².